The average Bonchev–Trinajstić information content (AvgIpc) is 3.81. The Balaban J connectivity index is 1.01. The number of allylic oxidation sites excluding steroid dienone is 11. The van der Waals surface area contributed by atoms with Crippen LogP contribution in [-0.2, 0) is 0 Å². The molecule has 2 nitrogen and oxygen atoms in total. The first-order valence-corrected chi connectivity index (χ1v) is 16.2. The maximum absolute atomic E-state index is 4.81. The van der Waals surface area contributed by atoms with Crippen LogP contribution in [0, 0.1) is 17.8 Å². The molecule has 2 saturated carbocycles. The van der Waals surface area contributed by atoms with E-state index in [4.69, 9.17) is 9.98 Å². The van der Waals surface area contributed by atoms with Crippen molar-refractivity contribution in [2.75, 3.05) is 0 Å². The van der Waals surface area contributed by atoms with E-state index in [1.807, 2.05) is 0 Å². The van der Waals surface area contributed by atoms with Gasteiger partial charge in [-0.05, 0) is 83.8 Å². The normalized spacial score (nSPS) is 28.6. The van der Waals surface area contributed by atoms with Crippen LogP contribution in [0.3, 0.4) is 0 Å². The molecule has 0 aromatic heterocycles. The Kier molecular flexibility index (Phi) is 7.94. The van der Waals surface area contributed by atoms with Crippen molar-refractivity contribution in [2.45, 2.75) is 62.8 Å². The van der Waals surface area contributed by atoms with Crippen LogP contribution >= 0.6 is 0 Å². The average molecular weight is 563 g/mol. The minimum absolute atomic E-state index is 0.305. The molecule has 2 aromatic rings. The van der Waals surface area contributed by atoms with Gasteiger partial charge < -0.3 is 0 Å². The van der Waals surface area contributed by atoms with Crippen molar-refractivity contribution >= 4 is 23.7 Å². The first kappa shape index (κ1) is 27.8. The molecule has 0 spiro atoms. The van der Waals surface area contributed by atoms with E-state index in [1.54, 1.807) is 6.34 Å². The van der Waals surface area contributed by atoms with Crippen molar-refractivity contribution in [3.8, 4) is 0 Å². The summed E-state index contributed by atoms with van der Waals surface area (Å²) in [4.78, 5) is 9.59. The van der Waals surface area contributed by atoms with E-state index in [1.165, 1.54) is 63.9 Å². The molecule has 7 rings (SSSR count). The Bertz CT molecular complexity index is 1600. The topological polar surface area (TPSA) is 24.7 Å². The molecule has 5 unspecified atom stereocenters. The van der Waals surface area contributed by atoms with Crippen LogP contribution in [0.25, 0.3) is 11.6 Å². The predicted molar refractivity (Wildman–Crippen MR) is 184 cm³/mol. The van der Waals surface area contributed by atoms with Crippen molar-refractivity contribution in [1.82, 2.24) is 0 Å². The van der Waals surface area contributed by atoms with Gasteiger partial charge in [0, 0.05) is 17.8 Å². The second-order valence-electron chi connectivity index (χ2n) is 12.8. The lowest BCUT2D eigenvalue weighted by Crippen LogP contribution is -2.17. The fraction of sp³-hybridized carbons (Fsp3) is 0.317. The molecule has 216 valence electrons. The Labute approximate surface area is 257 Å². The molecular formula is C41H42N2. The number of aliphatic imine (C=N–C) groups is 2. The summed E-state index contributed by atoms with van der Waals surface area (Å²) in [6, 6.07) is 18.4. The first-order chi connectivity index (χ1) is 21.2. The van der Waals surface area contributed by atoms with Gasteiger partial charge in [0.1, 0.15) is 6.34 Å². The minimum atomic E-state index is 0.305. The molecule has 0 amide bonds. The summed E-state index contributed by atoms with van der Waals surface area (Å²) in [6.07, 6.45) is 30.5. The van der Waals surface area contributed by atoms with Gasteiger partial charge in [-0.1, -0.05) is 122 Å². The lowest BCUT2D eigenvalue weighted by molar-refractivity contribution is 0.423. The smallest absolute Gasteiger partial charge is 0.110 e. The number of nitrogens with zero attached hydrogens (tertiary/aromatic N) is 2. The Hall–Kier alpha value is -4.04. The van der Waals surface area contributed by atoms with Crippen molar-refractivity contribution in [1.29, 1.82) is 0 Å². The van der Waals surface area contributed by atoms with Gasteiger partial charge in [0.25, 0.3) is 0 Å². The highest BCUT2D eigenvalue weighted by molar-refractivity contribution is 6.11. The number of hydrogen-bond donors (Lipinski definition) is 0. The zero-order chi connectivity index (χ0) is 29.2. The van der Waals surface area contributed by atoms with Gasteiger partial charge in [-0.2, -0.15) is 0 Å². The zero-order valence-electron chi connectivity index (χ0n) is 25.1. The van der Waals surface area contributed by atoms with Crippen LogP contribution in [0.1, 0.15) is 79.0 Å². The first-order valence-electron chi connectivity index (χ1n) is 16.2. The number of fused-ring (bicyclic) bond motifs is 1. The molecule has 2 fully saturated rings. The second-order valence-corrected chi connectivity index (χ2v) is 12.8. The molecule has 0 radical (unpaired) electrons. The van der Waals surface area contributed by atoms with Crippen LogP contribution in [0.4, 0.5) is 0 Å². The fourth-order valence-corrected chi connectivity index (χ4v) is 7.71. The van der Waals surface area contributed by atoms with E-state index in [0.717, 1.165) is 25.7 Å². The second kappa shape index (κ2) is 12.3. The van der Waals surface area contributed by atoms with Crippen LogP contribution in [-0.4, -0.2) is 18.1 Å². The maximum atomic E-state index is 4.81. The van der Waals surface area contributed by atoms with Crippen molar-refractivity contribution < 1.29 is 0 Å². The van der Waals surface area contributed by atoms with E-state index < -0.39 is 0 Å². The van der Waals surface area contributed by atoms with Gasteiger partial charge >= 0.3 is 0 Å². The van der Waals surface area contributed by atoms with Crippen LogP contribution in [0.5, 0.6) is 0 Å². The van der Waals surface area contributed by atoms with Crippen LogP contribution in [0.15, 0.2) is 131 Å². The van der Waals surface area contributed by atoms with Gasteiger partial charge in [-0.25, -0.2) is 4.99 Å². The Morgan fingerprint density at radius 3 is 2.63 bits per heavy atom. The highest BCUT2D eigenvalue weighted by Gasteiger charge is 2.55. The van der Waals surface area contributed by atoms with Gasteiger partial charge in [-0.3, -0.25) is 4.99 Å². The van der Waals surface area contributed by atoms with Crippen molar-refractivity contribution in [3.63, 3.8) is 0 Å². The molecular weight excluding hydrogens is 520 g/mol. The van der Waals surface area contributed by atoms with Crippen LogP contribution < -0.4 is 0 Å². The quantitative estimate of drug-likeness (QED) is 0.286. The third kappa shape index (κ3) is 5.68. The molecule has 0 N–H and O–H groups in total. The van der Waals surface area contributed by atoms with Crippen molar-refractivity contribution in [3.05, 3.63) is 144 Å². The summed E-state index contributed by atoms with van der Waals surface area (Å²) >= 11 is 0. The highest BCUT2D eigenvalue weighted by atomic mass is 15.0. The lowest BCUT2D eigenvalue weighted by atomic mass is 9.74. The fourth-order valence-electron chi connectivity index (χ4n) is 7.71. The summed E-state index contributed by atoms with van der Waals surface area (Å²) in [6.45, 7) is 8.60. The standard InChI is InChI=1S/C41H42N2/c1-3-35(36-15-9-7-11-28(36)2)32-23-25-33(26-24-32)38-39-40(42-27-43-41(38)39)34-21-18-29(19-22-34)17-20-31-14-8-10-16-37(31)30-12-5-4-6-13-30/h3-5,8,10,12,14,16-18,20-27,29,35-36,38-39,41H,1-2,6-7,9,11,13,15,19H2/b20-17+/t29?,35?,36?,38?,39?,41-/m1/s1. The van der Waals surface area contributed by atoms with Crippen LogP contribution in [0.2, 0.25) is 0 Å². The lowest BCUT2D eigenvalue weighted by Gasteiger charge is -2.30. The van der Waals surface area contributed by atoms with E-state index in [0.29, 0.717) is 35.6 Å². The summed E-state index contributed by atoms with van der Waals surface area (Å²) in [5, 5.41) is 0. The van der Waals surface area contributed by atoms with E-state index in [2.05, 4.69) is 116 Å². The van der Waals surface area contributed by atoms with Gasteiger partial charge in [0.2, 0.25) is 0 Å². The molecule has 1 aliphatic heterocycles. The molecule has 0 saturated heterocycles. The number of benzene rings is 2. The SMILES string of the molecule is C=CC(c1ccc(C2C3C(C4=CCC(/C=C/c5ccccc5C5=CC=CCC5)C=C4)=NC=N[C@@H]32)cc1)C1CCCCC1=C. The molecule has 2 aromatic carbocycles. The highest BCUT2D eigenvalue weighted by Crippen LogP contribution is 2.54. The van der Waals surface area contributed by atoms with Crippen molar-refractivity contribution in [2.24, 2.45) is 27.7 Å². The molecule has 5 aliphatic rings. The summed E-state index contributed by atoms with van der Waals surface area (Å²) in [5.74, 6) is 2.05. The molecule has 1 heterocycles. The Morgan fingerprint density at radius 1 is 0.977 bits per heavy atom. The van der Waals surface area contributed by atoms with Gasteiger partial charge in [-0.15, -0.1) is 6.58 Å². The number of hydrogen-bond acceptors (Lipinski definition) is 2. The van der Waals surface area contributed by atoms with E-state index in [-0.39, 0.29) is 0 Å². The molecule has 0 bridgehead atoms. The number of rotatable bonds is 8. The monoisotopic (exact) mass is 562 g/mol. The minimum Gasteiger partial charge on any atom is -0.269 e. The zero-order valence-corrected chi connectivity index (χ0v) is 25.1. The maximum Gasteiger partial charge on any atom is 0.110 e. The summed E-state index contributed by atoms with van der Waals surface area (Å²) in [7, 11) is 0. The molecule has 43 heavy (non-hydrogen) atoms. The largest absolute Gasteiger partial charge is 0.269 e. The van der Waals surface area contributed by atoms with Gasteiger partial charge in [0.05, 0.1) is 11.8 Å². The molecule has 4 aliphatic carbocycles. The Morgan fingerprint density at radius 2 is 1.86 bits per heavy atom. The summed E-state index contributed by atoms with van der Waals surface area (Å²) in [5.41, 5.74) is 10.7. The van der Waals surface area contributed by atoms with Gasteiger partial charge in [0.15, 0.2) is 0 Å². The van der Waals surface area contributed by atoms with E-state index >= 15 is 0 Å². The third-order valence-corrected chi connectivity index (χ3v) is 10.2. The predicted octanol–water partition coefficient (Wildman–Crippen LogP) is 10.2. The summed E-state index contributed by atoms with van der Waals surface area (Å²) < 4.78 is 0. The molecule has 2 heteroatoms. The third-order valence-electron chi connectivity index (χ3n) is 10.2. The van der Waals surface area contributed by atoms with E-state index in [9.17, 15) is 0 Å². The molecule has 6 atom stereocenters.